The van der Waals surface area contributed by atoms with E-state index in [0.29, 0.717) is 68.9 Å². The maximum absolute atomic E-state index is 15.2. The predicted octanol–water partition coefficient (Wildman–Crippen LogP) is 33.2. The largest absolute Gasteiger partial charge is 0.203 e. The van der Waals surface area contributed by atoms with Gasteiger partial charge in [0.25, 0.3) is 0 Å². The molecule has 0 bridgehead atoms. The van der Waals surface area contributed by atoms with Crippen molar-refractivity contribution in [2.24, 2.45) is 35.5 Å². The van der Waals surface area contributed by atoms with Gasteiger partial charge in [-0.05, 0) is 185 Å². The SMILES string of the molecule is CCCCCCC1CC=C(c2ccc(C3=CCC(CCCCCC)CC3)c(F)c2F)CC1.CCCCCCCC1CC=C(c2ccc(C3=CCC(CCCCCCC)CC3)c(F)c2F)CC1.CCCCCCCCC1CC=C(c2ccc(C3=CCC(CCCCCCCC)CC3)c(F)c2F)CC1. The lowest BCUT2D eigenvalue weighted by atomic mass is 9.82. The van der Waals surface area contributed by atoms with Crippen LogP contribution in [-0.4, -0.2) is 0 Å². The first-order valence-corrected chi connectivity index (χ1v) is 43.5. The van der Waals surface area contributed by atoms with Crippen molar-refractivity contribution in [2.45, 2.75) is 388 Å². The molecule has 6 heteroatoms. The smallest absolute Gasteiger partial charge is 0.166 e. The second-order valence-electron chi connectivity index (χ2n) is 32.8. The second kappa shape index (κ2) is 49.5. The fourth-order valence-corrected chi connectivity index (χ4v) is 17.7. The molecule has 570 valence electrons. The van der Waals surface area contributed by atoms with Gasteiger partial charge in [0.15, 0.2) is 34.9 Å². The first-order chi connectivity index (χ1) is 49.9. The topological polar surface area (TPSA) is 0 Å². The lowest BCUT2D eigenvalue weighted by Crippen LogP contribution is -2.09. The van der Waals surface area contributed by atoms with Crippen molar-refractivity contribution in [3.63, 3.8) is 0 Å². The Morgan fingerprint density at radius 1 is 0.206 bits per heavy atom. The minimum absolute atomic E-state index is 0.487. The highest BCUT2D eigenvalue weighted by Crippen LogP contribution is 2.43. The quantitative estimate of drug-likeness (QED) is 0.0392. The third-order valence-electron chi connectivity index (χ3n) is 24.7. The van der Waals surface area contributed by atoms with Crippen molar-refractivity contribution in [1.29, 1.82) is 0 Å². The molecular formula is C96H144F6. The Balaban J connectivity index is 0.000000215. The highest BCUT2D eigenvalue weighted by atomic mass is 19.2. The average molecular weight is 1410 g/mol. The average Bonchev–Trinajstić information content (AvgIpc) is 0.810. The Labute approximate surface area is 621 Å². The highest BCUT2D eigenvalue weighted by Gasteiger charge is 2.28. The lowest BCUT2D eigenvalue weighted by molar-refractivity contribution is 0.421. The van der Waals surface area contributed by atoms with Crippen LogP contribution in [0.25, 0.3) is 33.4 Å². The van der Waals surface area contributed by atoms with E-state index >= 15 is 26.3 Å². The Morgan fingerprint density at radius 2 is 0.343 bits per heavy atom. The molecule has 0 saturated heterocycles. The summed E-state index contributed by atoms with van der Waals surface area (Å²) in [5.74, 6) is 0.445. The molecule has 0 aliphatic heterocycles. The van der Waals surface area contributed by atoms with Crippen LogP contribution in [0.4, 0.5) is 26.3 Å². The molecule has 6 unspecified atom stereocenters. The van der Waals surface area contributed by atoms with Gasteiger partial charge in [0.1, 0.15) is 0 Å². The minimum atomic E-state index is -0.641. The van der Waals surface area contributed by atoms with Gasteiger partial charge >= 0.3 is 0 Å². The van der Waals surface area contributed by atoms with E-state index in [9.17, 15) is 0 Å². The van der Waals surface area contributed by atoms with Crippen molar-refractivity contribution in [2.75, 3.05) is 0 Å². The van der Waals surface area contributed by atoms with Crippen LogP contribution in [0.2, 0.25) is 0 Å². The van der Waals surface area contributed by atoms with Gasteiger partial charge in [0.05, 0.1) is 0 Å². The van der Waals surface area contributed by atoms with Crippen molar-refractivity contribution in [3.05, 3.63) is 141 Å². The number of unbranched alkanes of at least 4 members (excludes halogenated alkanes) is 24. The third-order valence-corrected chi connectivity index (χ3v) is 24.7. The van der Waals surface area contributed by atoms with Crippen molar-refractivity contribution < 1.29 is 26.3 Å². The van der Waals surface area contributed by atoms with Crippen LogP contribution in [0, 0.1) is 70.4 Å². The summed E-state index contributed by atoms with van der Waals surface area (Å²) in [5.41, 5.74) is 8.97. The van der Waals surface area contributed by atoms with Gasteiger partial charge in [-0.2, -0.15) is 0 Å². The molecule has 0 aromatic heterocycles. The fourth-order valence-electron chi connectivity index (χ4n) is 17.7. The third kappa shape index (κ3) is 28.8. The van der Waals surface area contributed by atoms with E-state index in [1.54, 1.807) is 0 Å². The van der Waals surface area contributed by atoms with Gasteiger partial charge in [0.2, 0.25) is 0 Å². The number of halogens is 6. The van der Waals surface area contributed by atoms with Gasteiger partial charge in [0, 0.05) is 33.4 Å². The molecule has 0 fully saturated rings. The molecule has 102 heavy (non-hydrogen) atoms. The molecule has 9 rings (SSSR count). The number of hydrogen-bond acceptors (Lipinski definition) is 0. The zero-order chi connectivity index (χ0) is 72.5. The van der Waals surface area contributed by atoms with Crippen LogP contribution in [0.15, 0.2) is 72.9 Å². The molecule has 0 spiro atoms. The van der Waals surface area contributed by atoms with E-state index in [1.165, 1.54) is 231 Å². The monoisotopic (exact) mass is 1410 g/mol. The molecule has 0 amide bonds. The first kappa shape index (κ1) is 84.9. The highest BCUT2D eigenvalue weighted by molar-refractivity contribution is 5.75. The zero-order valence-corrected chi connectivity index (χ0v) is 65.8. The summed E-state index contributed by atoms with van der Waals surface area (Å²) in [7, 11) is 0. The molecule has 6 aliphatic carbocycles. The summed E-state index contributed by atoms with van der Waals surface area (Å²) in [4.78, 5) is 0. The fraction of sp³-hybridized carbons (Fsp3) is 0.688. The lowest BCUT2D eigenvalue weighted by Gasteiger charge is -2.24. The summed E-state index contributed by atoms with van der Waals surface area (Å²) in [6.45, 7) is 13.5. The first-order valence-electron chi connectivity index (χ1n) is 43.5. The summed E-state index contributed by atoms with van der Waals surface area (Å²) < 4.78 is 90.7. The Kier molecular flexibility index (Phi) is 41.2. The molecular weight excluding hydrogens is 1270 g/mol. The van der Waals surface area contributed by atoms with Crippen LogP contribution in [0.5, 0.6) is 0 Å². The molecule has 0 saturated carbocycles. The minimum Gasteiger partial charge on any atom is -0.203 e. The van der Waals surface area contributed by atoms with E-state index in [0.717, 1.165) is 149 Å². The number of benzene rings is 3. The van der Waals surface area contributed by atoms with E-state index in [1.807, 2.05) is 36.4 Å². The van der Waals surface area contributed by atoms with Gasteiger partial charge < -0.3 is 0 Å². The second-order valence-corrected chi connectivity index (χ2v) is 32.8. The van der Waals surface area contributed by atoms with Crippen molar-refractivity contribution in [1.82, 2.24) is 0 Å². The van der Waals surface area contributed by atoms with Crippen LogP contribution >= 0.6 is 0 Å². The molecule has 6 aliphatic rings. The van der Waals surface area contributed by atoms with Crippen molar-refractivity contribution in [3.8, 4) is 0 Å². The van der Waals surface area contributed by atoms with E-state index in [4.69, 9.17) is 0 Å². The van der Waals surface area contributed by atoms with Crippen molar-refractivity contribution >= 4 is 33.4 Å². The maximum Gasteiger partial charge on any atom is 0.166 e. The van der Waals surface area contributed by atoms with E-state index in [2.05, 4.69) is 78.0 Å². The standard InChI is InChI=1S/C34H52F2.C32H48F2.C30H44F2/c1-3-5-7-9-11-13-15-27-17-21-29(22-18-27)31-25-26-32(34(36)33(31)35)30-23-19-28(20-24-30)16-14-12-10-8-6-4-2;1-3-5-7-9-11-13-25-15-19-27(20-16-25)29-23-24-30(32(34)31(29)33)28-21-17-26(18-22-28)14-12-10-8-6-4-2;1-3-5-7-9-11-23-13-17-25(18-14-23)27-21-22-28(30(32)29(27)31)26-19-15-24(16-20-26)12-10-8-6-4-2/h21,23,25-28H,3-20,22,24H2,1-2H3;19,21,23-26H,3-18,20,22H2,1-2H3;17,19,21-24H,3-16,18,20H2,1-2H3. The number of hydrogen-bond donors (Lipinski definition) is 0. The summed E-state index contributed by atoms with van der Waals surface area (Å²) in [6, 6.07) is 11.0. The van der Waals surface area contributed by atoms with Gasteiger partial charge in [-0.15, -0.1) is 0 Å². The van der Waals surface area contributed by atoms with Crippen LogP contribution in [-0.2, 0) is 0 Å². The molecule has 3 aromatic carbocycles. The van der Waals surface area contributed by atoms with Crippen LogP contribution in [0.1, 0.15) is 422 Å². The molecule has 0 N–H and O–H groups in total. The summed E-state index contributed by atoms with van der Waals surface area (Å²) in [6.07, 6.45) is 78.3. The maximum atomic E-state index is 15.2. The van der Waals surface area contributed by atoms with E-state index in [-0.39, 0.29) is 0 Å². The molecule has 0 heterocycles. The molecule has 0 nitrogen and oxygen atoms in total. The molecule has 0 radical (unpaired) electrons. The normalized spacial score (nSPS) is 20.8. The zero-order valence-electron chi connectivity index (χ0n) is 65.8. The Hall–Kier alpha value is -4.32. The number of allylic oxidation sites excluding steroid dienone is 12. The molecule has 3 aromatic rings. The predicted molar refractivity (Wildman–Crippen MR) is 431 cm³/mol. The van der Waals surface area contributed by atoms with Gasteiger partial charge in [-0.1, -0.05) is 346 Å². The summed E-state index contributed by atoms with van der Waals surface area (Å²) >= 11 is 0. The van der Waals surface area contributed by atoms with Crippen LogP contribution < -0.4 is 0 Å². The van der Waals surface area contributed by atoms with Gasteiger partial charge in [-0.25, -0.2) is 26.3 Å². The number of rotatable bonds is 42. The van der Waals surface area contributed by atoms with E-state index < -0.39 is 34.9 Å². The molecule has 6 atom stereocenters. The van der Waals surface area contributed by atoms with Crippen LogP contribution in [0.3, 0.4) is 0 Å². The van der Waals surface area contributed by atoms with Gasteiger partial charge in [-0.3, -0.25) is 0 Å². The Morgan fingerprint density at radius 3 is 0.480 bits per heavy atom. The Bertz CT molecular complexity index is 2850. The summed E-state index contributed by atoms with van der Waals surface area (Å²) in [5, 5.41) is 0.